The number of fused-ring (bicyclic) bond motifs is 1. The minimum atomic E-state index is 0.0783. The van der Waals surface area contributed by atoms with Gasteiger partial charge in [-0.15, -0.1) is 0 Å². The molecule has 1 aliphatic heterocycles. The first-order valence-electron chi connectivity index (χ1n) is 15.9. The van der Waals surface area contributed by atoms with Crippen LogP contribution in [0, 0.1) is 11.3 Å². The van der Waals surface area contributed by atoms with E-state index in [9.17, 15) is 10.1 Å². The summed E-state index contributed by atoms with van der Waals surface area (Å²) in [5.41, 5.74) is 3.89. The molecule has 0 saturated carbocycles. The summed E-state index contributed by atoms with van der Waals surface area (Å²) in [6.07, 6.45) is 2.30. The lowest BCUT2D eigenvalue weighted by Gasteiger charge is -2.34. The fraction of sp³-hybridized carbons (Fsp3) is 0.361. The lowest BCUT2D eigenvalue weighted by atomic mass is 10.1. The molecule has 1 saturated heterocycles. The molecule has 3 aromatic carbocycles. The maximum absolute atomic E-state index is 13.1. The highest BCUT2D eigenvalue weighted by atomic mass is 35.5. The highest BCUT2D eigenvalue weighted by Gasteiger charge is 2.22. The summed E-state index contributed by atoms with van der Waals surface area (Å²) in [5.74, 6) is 1.59. The van der Waals surface area contributed by atoms with Gasteiger partial charge in [0.15, 0.2) is 11.5 Å². The molecule has 0 atom stereocenters. The van der Waals surface area contributed by atoms with Gasteiger partial charge < -0.3 is 29.7 Å². The van der Waals surface area contributed by atoms with Gasteiger partial charge in [0.25, 0.3) is 5.91 Å². The molecular weight excluding hydrogens is 651 g/mol. The zero-order valence-corrected chi connectivity index (χ0v) is 29.1. The third-order valence-electron chi connectivity index (χ3n) is 8.23. The second-order valence-corrected chi connectivity index (χ2v) is 12.7. The van der Waals surface area contributed by atoms with Crippen LogP contribution in [0.2, 0.25) is 10.0 Å². The number of benzene rings is 3. The van der Waals surface area contributed by atoms with Crippen LogP contribution >= 0.6 is 23.2 Å². The second-order valence-electron chi connectivity index (χ2n) is 11.8. The molecule has 1 amide bonds. The molecule has 2 heterocycles. The number of rotatable bonds is 13. The Hall–Kier alpha value is -4.27. The predicted octanol–water partition coefficient (Wildman–Crippen LogP) is 6.90. The highest BCUT2D eigenvalue weighted by molar-refractivity contribution is 6.37. The zero-order chi connectivity index (χ0) is 34.2. The molecule has 1 aromatic heterocycles. The van der Waals surface area contributed by atoms with Gasteiger partial charge in [0.05, 0.1) is 53.3 Å². The SMILES string of the molecule is COc1cc(Nc2c(C#N)cnc3cc(OCCCN4CCN(C(=O)c5ccc(CNC(C)C)cc5)CC4)c(OC)cc23)c(Cl)cc1Cl. The molecule has 1 aliphatic rings. The number of aromatic nitrogens is 1. The summed E-state index contributed by atoms with van der Waals surface area (Å²) in [4.78, 5) is 21.9. The first kappa shape index (κ1) is 35.0. The second kappa shape index (κ2) is 16.2. The van der Waals surface area contributed by atoms with E-state index in [0.717, 1.165) is 38.2 Å². The van der Waals surface area contributed by atoms with Gasteiger partial charge in [-0.3, -0.25) is 14.7 Å². The van der Waals surface area contributed by atoms with Crippen LogP contribution in [0.25, 0.3) is 10.9 Å². The van der Waals surface area contributed by atoms with Crippen LogP contribution in [0.5, 0.6) is 17.2 Å². The van der Waals surface area contributed by atoms with Gasteiger partial charge in [0.1, 0.15) is 11.8 Å². The van der Waals surface area contributed by atoms with E-state index in [4.69, 9.17) is 37.4 Å². The number of nitrogens with zero attached hydrogens (tertiary/aromatic N) is 4. The van der Waals surface area contributed by atoms with E-state index in [0.29, 0.717) is 80.9 Å². The van der Waals surface area contributed by atoms with Crippen LogP contribution in [-0.2, 0) is 6.54 Å². The Morgan fingerprint density at radius 1 is 0.979 bits per heavy atom. The van der Waals surface area contributed by atoms with Crippen molar-refractivity contribution < 1.29 is 19.0 Å². The Morgan fingerprint density at radius 2 is 1.71 bits per heavy atom. The van der Waals surface area contributed by atoms with Crippen molar-refractivity contribution in [1.29, 1.82) is 5.26 Å². The van der Waals surface area contributed by atoms with E-state index in [1.165, 1.54) is 18.9 Å². The molecular formula is C36H40Cl2N6O4. The quantitative estimate of drug-likeness (QED) is 0.145. The number of pyridine rings is 1. The Bertz CT molecular complexity index is 1790. The van der Waals surface area contributed by atoms with E-state index in [1.54, 1.807) is 25.3 Å². The van der Waals surface area contributed by atoms with Gasteiger partial charge in [-0.25, -0.2) is 0 Å². The number of piperazine rings is 1. The number of hydrogen-bond donors (Lipinski definition) is 2. The summed E-state index contributed by atoms with van der Waals surface area (Å²) in [5, 5.41) is 17.9. The van der Waals surface area contributed by atoms with E-state index in [2.05, 4.69) is 40.4 Å². The topological polar surface area (TPSA) is 112 Å². The van der Waals surface area contributed by atoms with E-state index >= 15 is 0 Å². The van der Waals surface area contributed by atoms with Crippen LogP contribution in [0.1, 0.15) is 41.8 Å². The molecule has 0 radical (unpaired) electrons. The third-order valence-corrected chi connectivity index (χ3v) is 8.83. The maximum atomic E-state index is 13.1. The Morgan fingerprint density at radius 3 is 2.38 bits per heavy atom. The number of nitrogens with one attached hydrogen (secondary N) is 2. The zero-order valence-electron chi connectivity index (χ0n) is 27.6. The molecule has 4 aromatic rings. The summed E-state index contributed by atoms with van der Waals surface area (Å²) >= 11 is 12.7. The molecule has 0 aliphatic carbocycles. The van der Waals surface area contributed by atoms with Crippen molar-refractivity contribution in [3.63, 3.8) is 0 Å². The van der Waals surface area contributed by atoms with Gasteiger partial charge in [0, 0.05) is 74.6 Å². The average Bonchev–Trinajstić information content (AvgIpc) is 3.10. The number of carbonyl (C=O) groups excluding carboxylic acids is 1. The third kappa shape index (κ3) is 8.41. The number of ether oxygens (including phenoxy) is 3. The number of amides is 1. The molecule has 252 valence electrons. The summed E-state index contributed by atoms with van der Waals surface area (Å²) in [6, 6.07) is 17.4. The normalized spacial score (nSPS) is 13.4. The van der Waals surface area contributed by atoms with Crippen LogP contribution in [0.15, 0.2) is 54.7 Å². The van der Waals surface area contributed by atoms with Crippen molar-refractivity contribution in [2.24, 2.45) is 0 Å². The molecule has 48 heavy (non-hydrogen) atoms. The largest absolute Gasteiger partial charge is 0.495 e. The number of anilines is 2. The monoisotopic (exact) mass is 690 g/mol. The van der Waals surface area contributed by atoms with Crippen molar-refractivity contribution in [3.8, 4) is 23.3 Å². The number of halogens is 2. The Balaban J connectivity index is 1.17. The summed E-state index contributed by atoms with van der Waals surface area (Å²) in [6.45, 7) is 9.34. The number of methoxy groups -OCH3 is 2. The molecule has 10 nitrogen and oxygen atoms in total. The molecule has 0 bridgehead atoms. The smallest absolute Gasteiger partial charge is 0.253 e. The van der Waals surface area contributed by atoms with Gasteiger partial charge in [-0.05, 0) is 36.2 Å². The lowest BCUT2D eigenvalue weighted by molar-refractivity contribution is 0.0630. The minimum absolute atomic E-state index is 0.0783. The van der Waals surface area contributed by atoms with Gasteiger partial charge in [-0.1, -0.05) is 49.2 Å². The fourth-order valence-corrected chi connectivity index (χ4v) is 6.03. The summed E-state index contributed by atoms with van der Waals surface area (Å²) in [7, 11) is 3.09. The van der Waals surface area contributed by atoms with Gasteiger partial charge >= 0.3 is 0 Å². The van der Waals surface area contributed by atoms with Crippen molar-refractivity contribution in [1.82, 2.24) is 20.1 Å². The summed E-state index contributed by atoms with van der Waals surface area (Å²) < 4.78 is 17.2. The predicted molar refractivity (Wildman–Crippen MR) is 190 cm³/mol. The molecule has 2 N–H and O–H groups in total. The minimum Gasteiger partial charge on any atom is -0.495 e. The average molecular weight is 692 g/mol. The molecule has 1 fully saturated rings. The van der Waals surface area contributed by atoms with E-state index in [1.807, 2.05) is 35.2 Å². The Labute approximate surface area is 291 Å². The van der Waals surface area contributed by atoms with Crippen LogP contribution < -0.4 is 24.8 Å². The maximum Gasteiger partial charge on any atom is 0.253 e. The van der Waals surface area contributed by atoms with Crippen LogP contribution in [-0.4, -0.2) is 80.3 Å². The van der Waals surface area contributed by atoms with E-state index in [-0.39, 0.29) is 5.91 Å². The number of carbonyl (C=O) groups is 1. The van der Waals surface area contributed by atoms with Crippen LogP contribution in [0.4, 0.5) is 11.4 Å². The number of nitriles is 1. The lowest BCUT2D eigenvalue weighted by Crippen LogP contribution is -2.49. The molecule has 0 spiro atoms. The highest BCUT2D eigenvalue weighted by Crippen LogP contribution is 2.40. The molecule has 5 rings (SSSR count). The van der Waals surface area contributed by atoms with Crippen molar-refractivity contribution in [2.75, 3.05) is 58.9 Å². The van der Waals surface area contributed by atoms with E-state index < -0.39 is 0 Å². The number of hydrogen-bond acceptors (Lipinski definition) is 9. The van der Waals surface area contributed by atoms with Gasteiger partial charge in [0.2, 0.25) is 0 Å². The van der Waals surface area contributed by atoms with Crippen molar-refractivity contribution >= 4 is 51.4 Å². The van der Waals surface area contributed by atoms with Crippen molar-refractivity contribution in [3.05, 3.63) is 81.5 Å². The first-order valence-corrected chi connectivity index (χ1v) is 16.6. The standard InChI is InChI=1S/C36H40Cl2N6O4/c1-23(2)40-21-24-6-8-25(9-7-24)36(45)44-13-11-43(12-14-44)10-5-15-48-34-18-30-27(16-33(34)47-4)35(26(20-39)22-41-30)42-31-19-32(46-3)29(38)17-28(31)37/h6-9,16-19,22-23,40H,5,10-15,21H2,1-4H3,(H,41,42). The first-order chi connectivity index (χ1) is 23.2. The molecule has 0 unspecified atom stereocenters. The van der Waals surface area contributed by atoms with Gasteiger partial charge in [-0.2, -0.15) is 5.26 Å². The Kier molecular flexibility index (Phi) is 11.8. The van der Waals surface area contributed by atoms with Crippen LogP contribution in [0.3, 0.4) is 0 Å². The fourth-order valence-electron chi connectivity index (χ4n) is 5.52. The van der Waals surface area contributed by atoms with Crippen molar-refractivity contribution in [2.45, 2.75) is 32.9 Å². The molecule has 12 heteroatoms.